The quantitative estimate of drug-likeness (QED) is 0.684. The predicted octanol–water partition coefficient (Wildman–Crippen LogP) is 4.50. The number of carbonyl (C=O) groups excluding carboxylic acids is 2. The lowest BCUT2D eigenvalue weighted by Crippen LogP contribution is -2.13. The lowest BCUT2D eigenvalue weighted by atomic mass is 10.1. The number of anilines is 1. The molecule has 0 aliphatic heterocycles. The summed E-state index contributed by atoms with van der Waals surface area (Å²) in [7, 11) is 1.29. The van der Waals surface area contributed by atoms with E-state index >= 15 is 0 Å². The topological polar surface area (TPSA) is 68.3 Å². The number of methoxy groups -OCH3 is 1. The van der Waals surface area contributed by atoms with E-state index in [-0.39, 0.29) is 5.91 Å². The van der Waals surface area contributed by atoms with Crippen LogP contribution in [0.1, 0.15) is 20.7 Å². The summed E-state index contributed by atoms with van der Waals surface area (Å²) in [5.41, 5.74) is 2.12. The molecule has 126 valence electrons. The molecule has 7 heteroatoms. The highest BCUT2D eigenvalue weighted by Crippen LogP contribution is 2.35. The number of carbonyl (C=O) groups is 2. The maximum atomic E-state index is 12.4. The fraction of sp³-hybridized carbons (Fsp3) is 0.0556. The van der Waals surface area contributed by atoms with Crippen LogP contribution in [0.3, 0.4) is 0 Å². The first kappa shape index (κ1) is 17.1. The molecule has 0 spiro atoms. The smallest absolute Gasteiger partial charge is 0.337 e. The van der Waals surface area contributed by atoms with Crippen molar-refractivity contribution in [2.24, 2.45) is 0 Å². The lowest BCUT2D eigenvalue weighted by molar-refractivity contribution is 0.0600. The van der Waals surface area contributed by atoms with Crippen molar-refractivity contribution in [3.8, 4) is 11.3 Å². The van der Waals surface area contributed by atoms with E-state index in [2.05, 4.69) is 15.0 Å². The van der Waals surface area contributed by atoms with Gasteiger partial charge in [0.15, 0.2) is 5.13 Å². The van der Waals surface area contributed by atoms with Gasteiger partial charge in [-0.25, -0.2) is 9.78 Å². The van der Waals surface area contributed by atoms with Gasteiger partial charge in [-0.2, -0.15) is 0 Å². The van der Waals surface area contributed by atoms with Gasteiger partial charge < -0.3 is 4.74 Å². The van der Waals surface area contributed by atoms with Crippen molar-refractivity contribution < 1.29 is 14.3 Å². The number of halogens is 1. The molecule has 0 bridgehead atoms. The fourth-order valence-corrected chi connectivity index (χ4v) is 3.28. The van der Waals surface area contributed by atoms with Gasteiger partial charge in [-0.15, -0.1) is 0 Å². The number of ether oxygens (including phenoxy) is 1. The van der Waals surface area contributed by atoms with Gasteiger partial charge >= 0.3 is 5.97 Å². The Labute approximate surface area is 153 Å². The number of nitrogens with one attached hydrogen (secondary N) is 1. The minimum Gasteiger partial charge on any atom is -0.465 e. The molecular formula is C18H13ClN2O3S. The Morgan fingerprint density at radius 2 is 1.80 bits per heavy atom. The van der Waals surface area contributed by atoms with E-state index in [1.807, 2.05) is 30.3 Å². The molecule has 1 amide bonds. The number of hydrogen-bond acceptors (Lipinski definition) is 5. The van der Waals surface area contributed by atoms with Gasteiger partial charge in [0.1, 0.15) is 10.0 Å². The van der Waals surface area contributed by atoms with Gasteiger partial charge in [-0.1, -0.05) is 59.3 Å². The van der Waals surface area contributed by atoms with E-state index in [0.29, 0.717) is 26.3 Å². The second kappa shape index (κ2) is 7.46. The fourth-order valence-electron chi connectivity index (χ4n) is 2.20. The van der Waals surface area contributed by atoms with Crippen LogP contribution < -0.4 is 5.32 Å². The van der Waals surface area contributed by atoms with Crippen molar-refractivity contribution in [3.63, 3.8) is 0 Å². The zero-order chi connectivity index (χ0) is 17.8. The molecule has 0 unspecified atom stereocenters. The van der Waals surface area contributed by atoms with Crippen LogP contribution in [-0.2, 0) is 4.74 Å². The SMILES string of the molecule is COC(=O)c1cccc(C(=O)Nc2nc(-c3ccccc3)c(Cl)s2)c1. The molecule has 0 aliphatic rings. The van der Waals surface area contributed by atoms with Crippen LogP contribution in [-0.4, -0.2) is 24.0 Å². The van der Waals surface area contributed by atoms with Crippen LogP contribution in [0.25, 0.3) is 11.3 Å². The zero-order valence-electron chi connectivity index (χ0n) is 13.2. The molecular weight excluding hydrogens is 360 g/mol. The molecule has 5 nitrogen and oxygen atoms in total. The molecule has 0 fully saturated rings. The average Bonchev–Trinajstić information content (AvgIpc) is 3.02. The molecule has 0 atom stereocenters. The number of benzene rings is 2. The summed E-state index contributed by atoms with van der Waals surface area (Å²) in [6.07, 6.45) is 0. The Kier molecular flexibility index (Phi) is 5.11. The molecule has 0 saturated heterocycles. The lowest BCUT2D eigenvalue weighted by Gasteiger charge is -2.04. The largest absolute Gasteiger partial charge is 0.465 e. The number of rotatable bonds is 4. The monoisotopic (exact) mass is 372 g/mol. The van der Waals surface area contributed by atoms with E-state index in [9.17, 15) is 9.59 Å². The predicted molar refractivity (Wildman–Crippen MR) is 98.3 cm³/mol. The van der Waals surface area contributed by atoms with Crippen LogP contribution >= 0.6 is 22.9 Å². The number of aromatic nitrogens is 1. The van der Waals surface area contributed by atoms with Gasteiger partial charge in [0, 0.05) is 11.1 Å². The van der Waals surface area contributed by atoms with E-state index in [1.165, 1.54) is 24.5 Å². The first-order chi connectivity index (χ1) is 12.1. The summed E-state index contributed by atoms with van der Waals surface area (Å²) in [6.45, 7) is 0. The number of nitrogens with zero attached hydrogens (tertiary/aromatic N) is 1. The Hall–Kier alpha value is -2.70. The maximum Gasteiger partial charge on any atom is 0.337 e. The minimum atomic E-state index is -0.502. The minimum absolute atomic E-state index is 0.303. The first-order valence-corrected chi connectivity index (χ1v) is 8.49. The highest BCUT2D eigenvalue weighted by Gasteiger charge is 2.15. The Balaban J connectivity index is 1.81. The molecule has 0 saturated carbocycles. The van der Waals surface area contributed by atoms with Gasteiger partial charge in [0.05, 0.1) is 12.7 Å². The van der Waals surface area contributed by atoms with Gasteiger partial charge in [-0.3, -0.25) is 10.1 Å². The van der Waals surface area contributed by atoms with Crippen molar-refractivity contribution in [2.45, 2.75) is 0 Å². The normalized spacial score (nSPS) is 10.3. The summed E-state index contributed by atoms with van der Waals surface area (Å²) >= 11 is 7.42. The second-order valence-electron chi connectivity index (χ2n) is 5.03. The molecule has 0 radical (unpaired) electrons. The number of thiazole rings is 1. The molecule has 0 aliphatic carbocycles. The summed E-state index contributed by atoms with van der Waals surface area (Å²) in [6, 6.07) is 15.7. The molecule has 3 rings (SSSR count). The number of esters is 1. The molecule has 3 aromatic rings. The highest BCUT2D eigenvalue weighted by atomic mass is 35.5. The van der Waals surface area contributed by atoms with E-state index in [1.54, 1.807) is 18.2 Å². The van der Waals surface area contributed by atoms with E-state index < -0.39 is 5.97 Å². The van der Waals surface area contributed by atoms with Crippen LogP contribution in [0, 0.1) is 0 Å². The van der Waals surface area contributed by atoms with Crippen LogP contribution in [0.2, 0.25) is 4.34 Å². The molecule has 1 aromatic heterocycles. The number of hydrogen-bond donors (Lipinski definition) is 1. The van der Waals surface area contributed by atoms with Gasteiger partial charge in [0.2, 0.25) is 0 Å². The van der Waals surface area contributed by atoms with E-state index in [4.69, 9.17) is 11.6 Å². The Morgan fingerprint density at radius 1 is 1.08 bits per heavy atom. The first-order valence-electron chi connectivity index (χ1n) is 7.30. The van der Waals surface area contributed by atoms with Gasteiger partial charge in [-0.05, 0) is 18.2 Å². The van der Waals surface area contributed by atoms with Crippen molar-refractivity contribution in [2.75, 3.05) is 12.4 Å². The number of amides is 1. The zero-order valence-corrected chi connectivity index (χ0v) is 14.7. The van der Waals surface area contributed by atoms with Crippen molar-refractivity contribution in [3.05, 3.63) is 70.1 Å². The van der Waals surface area contributed by atoms with Crippen LogP contribution in [0.15, 0.2) is 54.6 Å². The summed E-state index contributed by atoms with van der Waals surface area (Å²) in [5.74, 6) is -0.880. The third-order valence-electron chi connectivity index (χ3n) is 3.40. The standard InChI is InChI=1S/C18H13ClN2O3S/c1-24-17(23)13-9-5-8-12(10-13)16(22)21-18-20-14(15(19)25-18)11-6-3-2-4-7-11/h2-10H,1H3,(H,20,21,22). The molecule has 1 heterocycles. The van der Waals surface area contributed by atoms with Crippen LogP contribution in [0.4, 0.5) is 5.13 Å². The van der Waals surface area contributed by atoms with Gasteiger partial charge in [0.25, 0.3) is 5.91 Å². The molecule has 2 aromatic carbocycles. The molecule has 25 heavy (non-hydrogen) atoms. The average molecular weight is 373 g/mol. The Bertz CT molecular complexity index is 925. The molecule has 1 N–H and O–H groups in total. The highest BCUT2D eigenvalue weighted by molar-refractivity contribution is 7.20. The maximum absolute atomic E-state index is 12.4. The summed E-state index contributed by atoms with van der Waals surface area (Å²) < 4.78 is 5.15. The third kappa shape index (κ3) is 3.87. The van der Waals surface area contributed by atoms with Crippen LogP contribution in [0.5, 0.6) is 0 Å². The van der Waals surface area contributed by atoms with Crippen molar-refractivity contribution in [1.82, 2.24) is 4.98 Å². The summed E-state index contributed by atoms with van der Waals surface area (Å²) in [5, 5.41) is 3.09. The van der Waals surface area contributed by atoms with Crippen molar-refractivity contribution >= 4 is 39.9 Å². The second-order valence-corrected chi connectivity index (χ2v) is 6.64. The Morgan fingerprint density at radius 3 is 2.52 bits per heavy atom. The third-order valence-corrected chi connectivity index (χ3v) is 4.57. The summed E-state index contributed by atoms with van der Waals surface area (Å²) in [4.78, 5) is 28.3. The van der Waals surface area contributed by atoms with Crippen molar-refractivity contribution in [1.29, 1.82) is 0 Å². The van der Waals surface area contributed by atoms with E-state index in [0.717, 1.165) is 5.56 Å².